The molecule has 0 aromatic heterocycles. The van der Waals surface area contributed by atoms with Crippen molar-refractivity contribution in [1.82, 2.24) is 0 Å². The number of amides is 1. The molecule has 0 aliphatic carbocycles. The van der Waals surface area contributed by atoms with Crippen molar-refractivity contribution in [3.8, 4) is 6.07 Å². The van der Waals surface area contributed by atoms with Gasteiger partial charge in [-0.2, -0.15) is 5.26 Å². The quantitative estimate of drug-likeness (QED) is 0.793. The van der Waals surface area contributed by atoms with E-state index in [1.165, 1.54) is 0 Å². The van der Waals surface area contributed by atoms with Crippen molar-refractivity contribution >= 4 is 27.5 Å². The van der Waals surface area contributed by atoms with Crippen molar-refractivity contribution in [2.24, 2.45) is 0 Å². The highest BCUT2D eigenvalue weighted by Crippen LogP contribution is 2.29. The van der Waals surface area contributed by atoms with Gasteiger partial charge in [0.2, 0.25) is 5.91 Å². The zero-order valence-corrected chi connectivity index (χ0v) is 10.3. The van der Waals surface area contributed by atoms with Crippen molar-refractivity contribution < 1.29 is 4.79 Å². The maximum absolute atomic E-state index is 11.7. The van der Waals surface area contributed by atoms with Crippen LogP contribution in [0.4, 0.5) is 5.69 Å². The highest BCUT2D eigenvalue weighted by Gasteiger charge is 2.21. The normalized spacial score (nSPS) is 16.0. The van der Waals surface area contributed by atoms with Crippen LogP contribution in [0.1, 0.15) is 24.8 Å². The lowest BCUT2D eigenvalue weighted by atomic mass is 10.1. The highest BCUT2D eigenvalue weighted by atomic mass is 79.9. The van der Waals surface area contributed by atoms with Gasteiger partial charge in [0.1, 0.15) is 0 Å². The fourth-order valence-electron chi connectivity index (χ4n) is 1.86. The Bertz CT molecular complexity index is 465. The molecule has 1 aromatic rings. The molecule has 1 aromatic carbocycles. The van der Waals surface area contributed by atoms with Crippen LogP contribution in [0.2, 0.25) is 0 Å². The van der Waals surface area contributed by atoms with E-state index < -0.39 is 0 Å². The summed E-state index contributed by atoms with van der Waals surface area (Å²) in [5.41, 5.74) is 1.46. The zero-order chi connectivity index (χ0) is 11.5. The Morgan fingerprint density at radius 3 is 2.81 bits per heavy atom. The molecule has 1 aliphatic rings. The number of carbonyl (C=O) groups is 1. The minimum absolute atomic E-state index is 0.164. The second-order valence-electron chi connectivity index (χ2n) is 3.78. The molecule has 1 aliphatic heterocycles. The van der Waals surface area contributed by atoms with Crippen LogP contribution in [0.15, 0.2) is 22.7 Å². The molecule has 1 heterocycles. The van der Waals surface area contributed by atoms with Crippen LogP contribution < -0.4 is 4.90 Å². The number of piperidine rings is 1. The molecule has 0 N–H and O–H groups in total. The molecule has 0 radical (unpaired) electrons. The molecule has 0 unspecified atom stereocenters. The maximum atomic E-state index is 11.7. The van der Waals surface area contributed by atoms with Crippen LogP contribution in [0.3, 0.4) is 0 Å². The lowest BCUT2D eigenvalue weighted by Gasteiger charge is -2.27. The molecule has 1 amide bonds. The van der Waals surface area contributed by atoms with Crippen LogP contribution in [0, 0.1) is 11.3 Å². The van der Waals surface area contributed by atoms with Gasteiger partial charge in [0.25, 0.3) is 0 Å². The van der Waals surface area contributed by atoms with Gasteiger partial charge in [0, 0.05) is 17.4 Å². The van der Waals surface area contributed by atoms with Crippen molar-refractivity contribution in [2.45, 2.75) is 19.3 Å². The number of hydrogen-bond acceptors (Lipinski definition) is 2. The standard InChI is InChI=1S/C12H11BrN2O/c13-10-7-9(8-14)4-5-11(10)15-6-2-1-3-12(15)16/h4-5,7H,1-3,6H2. The Balaban J connectivity index is 2.33. The largest absolute Gasteiger partial charge is 0.311 e. The van der Waals surface area contributed by atoms with E-state index in [4.69, 9.17) is 5.26 Å². The van der Waals surface area contributed by atoms with Gasteiger partial charge in [-0.25, -0.2) is 0 Å². The monoisotopic (exact) mass is 278 g/mol. The van der Waals surface area contributed by atoms with E-state index in [1.54, 1.807) is 17.0 Å². The summed E-state index contributed by atoms with van der Waals surface area (Å²) in [5, 5.41) is 8.76. The molecular weight excluding hydrogens is 268 g/mol. The molecule has 16 heavy (non-hydrogen) atoms. The predicted molar refractivity (Wildman–Crippen MR) is 65.1 cm³/mol. The van der Waals surface area contributed by atoms with Crippen LogP contribution in [0.5, 0.6) is 0 Å². The van der Waals surface area contributed by atoms with E-state index in [9.17, 15) is 4.79 Å². The summed E-state index contributed by atoms with van der Waals surface area (Å²) in [7, 11) is 0. The lowest BCUT2D eigenvalue weighted by Crippen LogP contribution is -2.35. The van der Waals surface area contributed by atoms with Gasteiger partial charge in [-0.05, 0) is 47.0 Å². The molecule has 0 saturated carbocycles. The minimum atomic E-state index is 0.164. The number of hydrogen-bond donors (Lipinski definition) is 0. The van der Waals surface area contributed by atoms with Crippen LogP contribution in [0.25, 0.3) is 0 Å². The van der Waals surface area contributed by atoms with Gasteiger partial charge in [-0.3, -0.25) is 4.79 Å². The van der Waals surface area contributed by atoms with E-state index in [0.717, 1.165) is 29.5 Å². The third kappa shape index (κ3) is 2.10. The summed E-state index contributed by atoms with van der Waals surface area (Å²) < 4.78 is 0.807. The predicted octanol–water partition coefficient (Wildman–Crippen LogP) is 2.84. The zero-order valence-electron chi connectivity index (χ0n) is 8.74. The van der Waals surface area contributed by atoms with Crippen molar-refractivity contribution in [2.75, 3.05) is 11.4 Å². The molecule has 3 nitrogen and oxygen atoms in total. The van der Waals surface area contributed by atoms with Crippen LogP contribution in [-0.2, 0) is 4.79 Å². The number of benzene rings is 1. The molecule has 82 valence electrons. The van der Waals surface area contributed by atoms with Gasteiger partial charge in [0.15, 0.2) is 0 Å². The molecule has 0 atom stereocenters. The fourth-order valence-corrected chi connectivity index (χ4v) is 2.45. The summed E-state index contributed by atoms with van der Waals surface area (Å²) in [6.07, 6.45) is 2.63. The number of carbonyl (C=O) groups excluding carboxylic acids is 1. The van der Waals surface area contributed by atoms with Crippen LogP contribution >= 0.6 is 15.9 Å². The minimum Gasteiger partial charge on any atom is -0.311 e. The Labute approximate surface area is 103 Å². The Morgan fingerprint density at radius 2 is 2.19 bits per heavy atom. The van der Waals surface area contributed by atoms with Gasteiger partial charge in [-0.1, -0.05) is 0 Å². The average Bonchev–Trinajstić information content (AvgIpc) is 2.30. The number of nitriles is 1. The third-order valence-electron chi connectivity index (χ3n) is 2.69. The summed E-state index contributed by atoms with van der Waals surface area (Å²) in [6.45, 7) is 0.767. The summed E-state index contributed by atoms with van der Waals surface area (Å²) in [6, 6.07) is 7.39. The van der Waals surface area contributed by atoms with E-state index in [-0.39, 0.29) is 5.91 Å². The van der Waals surface area contributed by atoms with Crippen LogP contribution in [-0.4, -0.2) is 12.5 Å². The number of nitrogens with zero attached hydrogens (tertiary/aromatic N) is 2. The SMILES string of the molecule is N#Cc1ccc(N2CCCCC2=O)c(Br)c1. The number of anilines is 1. The third-order valence-corrected chi connectivity index (χ3v) is 3.33. The molecule has 0 bridgehead atoms. The number of halogens is 1. The second kappa shape index (κ2) is 4.67. The Morgan fingerprint density at radius 1 is 1.38 bits per heavy atom. The smallest absolute Gasteiger partial charge is 0.227 e. The summed E-state index contributed by atoms with van der Waals surface area (Å²) in [4.78, 5) is 13.5. The van der Waals surface area contributed by atoms with E-state index in [1.807, 2.05) is 6.07 Å². The first kappa shape index (κ1) is 11.2. The first-order valence-electron chi connectivity index (χ1n) is 5.22. The van der Waals surface area contributed by atoms with E-state index >= 15 is 0 Å². The highest BCUT2D eigenvalue weighted by molar-refractivity contribution is 9.10. The molecular formula is C12H11BrN2O. The van der Waals surface area contributed by atoms with Gasteiger partial charge in [-0.15, -0.1) is 0 Å². The molecule has 1 fully saturated rings. The molecule has 1 saturated heterocycles. The number of rotatable bonds is 1. The summed E-state index contributed by atoms with van der Waals surface area (Å²) in [5.74, 6) is 0.164. The van der Waals surface area contributed by atoms with Crippen molar-refractivity contribution in [1.29, 1.82) is 5.26 Å². The van der Waals surface area contributed by atoms with Crippen molar-refractivity contribution in [3.05, 3.63) is 28.2 Å². The average molecular weight is 279 g/mol. The van der Waals surface area contributed by atoms with Crippen molar-refractivity contribution in [3.63, 3.8) is 0 Å². The lowest BCUT2D eigenvalue weighted by molar-refractivity contribution is -0.119. The van der Waals surface area contributed by atoms with Gasteiger partial charge >= 0.3 is 0 Å². The Kier molecular flexibility index (Phi) is 3.25. The topological polar surface area (TPSA) is 44.1 Å². The first-order valence-corrected chi connectivity index (χ1v) is 6.01. The molecule has 2 rings (SSSR count). The van der Waals surface area contributed by atoms with E-state index in [0.29, 0.717) is 12.0 Å². The molecule has 0 spiro atoms. The fraction of sp³-hybridized carbons (Fsp3) is 0.333. The second-order valence-corrected chi connectivity index (χ2v) is 4.63. The summed E-state index contributed by atoms with van der Waals surface area (Å²) >= 11 is 3.41. The Hall–Kier alpha value is -1.34. The molecule has 4 heteroatoms. The van der Waals surface area contributed by atoms with E-state index in [2.05, 4.69) is 22.0 Å². The maximum Gasteiger partial charge on any atom is 0.227 e. The van der Waals surface area contributed by atoms with Gasteiger partial charge in [0.05, 0.1) is 17.3 Å². The first-order chi connectivity index (χ1) is 7.72. The van der Waals surface area contributed by atoms with Gasteiger partial charge < -0.3 is 4.90 Å².